The van der Waals surface area contributed by atoms with E-state index in [0.717, 1.165) is 27.7 Å². The van der Waals surface area contributed by atoms with Crippen LogP contribution in [0.1, 0.15) is 12.5 Å². The fourth-order valence-electron chi connectivity index (χ4n) is 3.40. The molecule has 0 atom stereocenters. The summed E-state index contributed by atoms with van der Waals surface area (Å²) in [6.45, 7) is 2.11. The van der Waals surface area contributed by atoms with Crippen LogP contribution in [-0.2, 0) is 16.0 Å². The van der Waals surface area contributed by atoms with E-state index in [0.29, 0.717) is 18.0 Å². The molecule has 162 valence electrons. The maximum Gasteiger partial charge on any atom is 0.323 e. The summed E-state index contributed by atoms with van der Waals surface area (Å²) in [7, 11) is 0. The topological polar surface area (TPSA) is 83.2 Å². The van der Waals surface area contributed by atoms with E-state index in [1.54, 1.807) is 43.3 Å². The van der Waals surface area contributed by atoms with E-state index in [1.807, 2.05) is 24.3 Å². The first-order valence-electron chi connectivity index (χ1n) is 10.2. The smallest absolute Gasteiger partial charge is 0.323 e. The van der Waals surface area contributed by atoms with E-state index < -0.39 is 0 Å². The van der Waals surface area contributed by atoms with Crippen LogP contribution in [0.2, 0.25) is 0 Å². The molecule has 6 nitrogen and oxygen atoms in total. The minimum absolute atomic E-state index is 0.188. The predicted molar refractivity (Wildman–Crippen MR) is 123 cm³/mol. The molecule has 0 unspecified atom stereocenters. The first kappa shape index (κ1) is 21.1. The molecule has 1 heterocycles. The zero-order chi connectivity index (χ0) is 22.5. The number of fused-ring (bicyclic) bond motifs is 1. The third-order valence-corrected chi connectivity index (χ3v) is 4.88. The van der Waals surface area contributed by atoms with Gasteiger partial charge < -0.3 is 20.4 Å². The average molecular weight is 431 g/mol. The first-order chi connectivity index (χ1) is 15.5. The number of hydrogen-bond acceptors (Lipinski definition) is 3. The molecule has 1 aromatic heterocycles. The van der Waals surface area contributed by atoms with Crippen LogP contribution in [0.15, 0.2) is 72.8 Å². The maximum absolute atomic E-state index is 13.5. The molecule has 0 aliphatic rings. The number of H-pyrrole nitrogens is 1. The van der Waals surface area contributed by atoms with Crippen molar-refractivity contribution in [1.82, 2.24) is 4.98 Å². The van der Waals surface area contributed by atoms with Crippen molar-refractivity contribution in [3.05, 3.63) is 84.2 Å². The monoisotopic (exact) mass is 431 g/mol. The van der Waals surface area contributed by atoms with Crippen LogP contribution in [0, 0.1) is 5.82 Å². The molecule has 0 aliphatic heterocycles. The minimum atomic E-state index is -0.390. The van der Waals surface area contributed by atoms with Gasteiger partial charge in [-0.1, -0.05) is 24.3 Å². The lowest BCUT2D eigenvalue weighted by molar-refractivity contribution is -0.142. The van der Waals surface area contributed by atoms with Gasteiger partial charge in [0.1, 0.15) is 5.82 Å². The number of carbonyl (C=O) groups excluding carboxylic acids is 2. The van der Waals surface area contributed by atoms with Crippen LogP contribution in [0.25, 0.3) is 22.2 Å². The number of ether oxygens (including phenoxy) is 1. The van der Waals surface area contributed by atoms with E-state index in [1.165, 1.54) is 12.1 Å². The standard InChI is InChI=1S/C25H22FN3O3/c1-2-32-24(30)12-16-6-9-20(10-7-16)27-25(31)28-21-5-3-4-17(14-21)23-15-18-13-19(26)8-11-22(18)29-23/h3-11,13-15,29H,2,12H2,1H3,(H2,27,28,31). The Balaban J connectivity index is 1.41. The summed E-state index contributed by atoms with van der Waals surface area (Å²) < 4.78 is 18.4. The minimum Gasteiger partial charge on any atom is -0.466 e. The van der Waals surface area contributed by atoms with Gasteiger partial charge in [-0.25, -0.2) is 9.18 Å². The van der Waals surface area contributed by atoms with Crippen molar-refractivity contribution in [3.8, 4) is 11.3 Å². The number of benzene rings is 3. The summed E-state index contributed by atoms with van der Waals surface area (Å²) in [6.07, 6.45) is 0.188. The first-order valence-corrected chi connectivity index (χ1v) is 10.2. The number of nitrogens with one attached hydrogen (secondary N) is 3. The van der Waals surface area contributed by atoms with Crippen LogP contribution in [0.5, 0.6) is 0 Å². The highest BCUT2D eigenvalue weighted by Gasteiger charge is 2.08. The fraction of sp³-hybridized carbons (Fsp3) is 0.120. The summed E-state index contributed by atoms with van der Waals surface area (Å²) in [4.78, 5) is 27.2. The van der Waals surface area contributed by atoms with Crippen molar-refractivity contribution in [2.75, 3.05) is 17.2 Å². The highest BCUT2D eigenvalue weighted by atomic mass is 19.1. The molecule has 0 saturated heterocycles. The summed E-state index contributed by atoms with van der Waals surface area (Å²) >= 11 is 0. The van der Waals surface area contributed by atoms with Gasteiger partial charge in [-0.3, -0.25) is 4.79 Å². The normalized spacial score (nSPS) is 10.7. The third kappa shape index (κ3) is 5.13. The van der Waals surface area contributed by atoms with Gasteiger partial charge in [-0.2, -0.15) is 0 Å². The lowest BCUT2D eigenvalue weighted by Crippen LogP contribution is -2.19. The molecular weight excluding hydrogens is 409 g/mol. The van der Waals surface area contributed by atoms with Crippen molar-refractivity contribution in [3.63, 3.8) is 0 Å². The van der Waals surface area contributed by atoms with Gasteiger partial charge in [0.2, 0.25) is 0 Å². The van der Waals surface area contributed by atoms with E-state index in [4.69, 9.17) is 4.74 Å². The number of urea groups is 1. The molecule has 0 saturated carbocycles. The number of anilines is 2. The second kappa shape index (κ2) is 9.34. The van der Waals surface area contributed by atoms with E-state index in [-0.39, 0.29) is 24.2 Å². The Kier molecular flexibility index (Phi) is 6.17. The van der Waals surface area contributed by atoms with Crippen LogP contribution >= 0.6 is 0 Å². The van der Waals surface area contributed by atoms with Gasteiger partial charge in [0.25, 0.3) is 0 Å². The number of rotatable bonds is 6. The second-order valence-corrected chi connectivity index (χ2v) is 7.25. The van der Waals surface area contributed by atoms with E-state index in [2.05, 4.69) is 15.6 Å². The number of esters is 1. The number of carbonyl (C=O) groups is 2. The largest absolute Gasteiger partial charge is 0.466 e. The predicted octanol–water partition coefficient (Wildman–Crippen LogP) is 5.72. The van der Waals surface area contributed by atoms with E-state index >= 15 is 0 Å². The average Bonchev–Trinajstić information content (AvgIpc) is 3.19. The quantitative estimate of drug-likeness (QED) is 0.341. The van der Waals surface area contributed by atoms with Crippen LogP contribution in [-0.4, -0.2) is 23.6 Å². The molecule has 0 spiro atoms. The maximum atomic E-state index is 13.5. The summed E-state index contributed by atoms with van der Waals surface area (Å²) in [5.74, 6) is -0.574. The molecular formula is C25H22FN3O3. The Bertz CT molecular complexity index is 1270. The van der Waals surface area contributed by atoms with Gasteiger partial charge >= 0.3 is 12.0 Å². The molecule has 3 aromatic carbocycles. The Morgan fingerprint density at radius 1 is 0.938 bits per heavy atom. The van der Waals surface area contributed by atoms with Gasteiger partial charge in [0, 0.05) is 33.5 Å². The van der Waals surface area contributed by atoms with Gasteiger partial charge in [-0.05, 0) is 61.0 Å². The number of aromatic nitrogens is 1. The Hall–Kier alpha value is -4.13. The molecule has 3 N–H and O–H groups in total. The Labute approximate surface area is 184 Å². The summed E-state index contributed by atoms with van der Waals surface area (Å²) in [5, 5.41) is 6.36. The van der Waals surface area contributed by atoms with E-state index in [9.17, 15) is 14.0 Å². The highest BCUT2D eigenvalue weighted by Crippen LogP contribution is 2.26. The number of hydrogen-bond donors (Lipinski definition) is 3. The van der Waals surface area contributed by atoms with Crippen LogP contribution in [0.4, 0.5) is 20.6 Å². The van der Waals surface area contributed by atoms with Gasteiger partial charge in [0.05, 0.1) is 13.0 Å². The summed E-state index contributed by atoms with van der Waals surface area (Å²) in [6, 6.07) is 20.4. The molecule has 0 fully saturated rings. The second-order valence-electron chi connectivity index (χ2n) is 7.25. The lowest BCUT2D eigenvalue weighted by Gasteiger charge is -2.09. The van der Waals surface area contributed by atoms with Crippen LogP contribution in [0.3, 0.4) is 0 Å². The van der Waals surface area contributed by atoms with Crippen molar-refractivity contribution in [2.45, 2.75) is 13.3 Å². The zero-order valence-corrected chi connectivity index (χ0v) is 17.4. The van der Waals surface area contributed by atoms with Crippen molar-refractivity contribution in [1.29, 1.82) is 0 Å². The van der Waals surface area contributed by atoms with Gasteiger partial charge in [0.15, 0.2) is 0 Å². The number of aromatic amines is 1. The number of halogens is 1. The molecule has 32 heavy (non-hydrogen) atoms. The molecule has 0 aliphatic carbocycles. The van der Waals surface area contributed by atoms with Crippen LogP contribution < -0.4 is 10.6 Å². The lowest BCUT2D eigenvalue weighted by atomic mass is 10.1. The third-order valence-electron chi connectivity index (χ3n) is 4.88. The molecule has 0 bridgehead atoms. The molecule has 4 rings (SSSR count). The number of amides is 2. The fourth-order valence-corrected chi connectivity index (χ4v) is 3.40. The Morgan fingerprint density at radius 2 is 1.72 bits per heavy atom. The molecule has 7 heteroatoms. The highest BCUT2D eigenvalue weighted by molar-refractivity contribution is 6.00. The summed E-state index contributed by atoms with van der Waals surface area (Å²) in [5.41, 5.74) is 4.55. The molecule has 2 amide bonds. The molecule has 4 aromatic rings. The molecule has 0 radical (unpaired) electrons. The van der Waals surface area contributed by atoms with Gasteiger partial charge in [-0.15, -0.1) is 0 Å². The van der Waals surface area contributed by atoms with Crippen molar-refractivity contribution < 1.29 is 18.7 Å². The van der Waals surface area contributed by atoms with Crippen molar-refractivity contribution >= 4 is 34.3 Å². The SMILES string of the molecule is CCOC(=O)Cc1ccc(NC(=O)Nc2cccc(-c3cc4cc(F)ccc4[nH]3)c2)cc1. The zero-order valence-electron chi connectivity index (χ0n) is 17.4. The van der Waals surface area contributed by atoms with Crippen molar-refractivity contribution in [2.24, 2.45) is 0 Å². The Morgan fingerprint density at radius 3 is 2.50 bits per heavy atom.